The SMILES string of the molecule is CCCCOc1ccccc1[C]1C=CC=CO1. The molecule has 1 radical (unpaired) electrons. The Kier molecular flexibility index (Phi) is 4.25. The fourth-order valence-corrected chi connectivity index (χ4v) is 1.62. The van der Waals surface area contributed by atoms with E-state index in [0.29, 0.717) is 0 Å². The molecule has 0 spiro atoms. The van der Waals surface area contributed by atoms with Crippen LogP contribution in [-0.2, 0) is 4.74 Å². The summed E-state index contributed by atoms with van der Waals surface area (Å²) in [5, 5.41) is 0. The first-order valence-corrected chi connectivity index (χ1v) is 6.01. The molecule has 2 nitrogen and oxygen atoms in total. The van der Waals surface area contributed by atoms with Crippen LogP contribution in [0.15, 0.2) is 48.8 Å². The van der Waals surface area contributed by atoms with Gasteiger partial charge in [-0.1, -0.05) is 37.6 Å². The van der Waals surface area contributed by atoms with Gasteiger partial charge in [-0.15, -0.1) is 0 Å². The molecule has 1 aromatic rings. The Hall–Kier alpha value is -1.70. The maximum absolute atomic E-state index is 5.77. The standard InChI is InChI=1S/C15H17O2/c1-2-3-11-16-14-9-5-4-8-13(14)15-10-6-7-12-17-15/h4-10,12H,2-3,11H2,1H3. The van der Waals surface area contributed by atoms with E-state index in [1.54, 1.807) is 6.26 Å². The lowest BCUT2D eigenvalue weighted by molar-refractivity contribution is 0.280. The van der Waals surface area contributed by atoms with Gasteiger partial charge in [0.05, 0.1) is 12.9 Å². The number of para-hydroxylation sites is 1. The molecule has 0 aromatic heterocycles. The quantitative estimate of drug-likeness (QED) is 0.714. The highest BCUT2D eigenvalue weighted by Crippen LogP contribution is 2.29. The van der Waals surface area contributed by atoms with Crippen LogP contribution >= 0.6 is 0 Å². The second-order valence-corrected chi connectivity index (χ2v) is 3.87. The van der Waals surface area contributed by atoms with Crippen LogP contribution in [0.2, 0.25) is 0 Å². The van der Waals surface area contributed by atoms with Crippen molar-refractivity contribution in [2.24, 2.45) is 0 Å². The van der Waals surface area contributed by atoms with Gasteiger partial charge in [-0.25, -0.2) is 0 Å². The van der Waals surface area contributed by atoms with E-state index in [9.17, 15) is 0 Å². The Morgan fingerprint density at radius 2 is 2.06 bits per heavy atom. The second-order valence-electron chi connectivity index (χ2n) is 3.87. The number of hydrogen-bond acceptors (Lipinski definition) is 2. The lowest BCUT2D eigenvalue weighted by Crippen LogP contribution is -2.05. The van der Waals surface area contributed by atoms with Crippen molar-refractivity contribution in [3.05, 3.63) is 60.4 Å². The van der Waals surface area contributed by atoms with Crippen molar-refractivity contribution in [2.75, 3.05) is 6.61 Å². The Morgan fingerprint density at radius 1 is 1.18 bits per heavy atom. The molecule has 0 saturated carbocycles. The third kappa shape index (κ3) is 3.13. The van der Waals surface area contributed by atoms with Gasteiger partial charge in [0, 0.05) is 5.56 Å². The van der Waals surface area contributed by atoms with Crippen LogP contribution in [0.25, 0.3) is 0 Å². The van der Waals surface area contributed by atoms with Crippen molar-refractivity contribution < 1.29 is 9.47 Å². The van der Waals surface area contributed by atoms with Gasteiger partial charge >= 0.3 is 0 Å². The van der Waals surface area contributed by atoms with Crippen LogP contribution in [0.4, 0.5) is 0 Å². The zero-order chi connectivity index (χ0) is 11.9. The van der Waals surface area contributed by atoms with E-state index < -0.39 is 0 Å². The van der Waals surface area contributed by atoms with Crippen LogP contribution in [0.3, 0.4) is 0 Å². The van der Waals surface area contributed by atoms with E-state index in [1.807, 2.05) is 42.5 Å². The normalized spacial score (nSPS) is 14.6. The summed E-state index contributed by atoms with van der Waals surface area (Å²) < 4.78 is 11.3. The molecule has 17 heavy (non-hydrogen) atoms. The van der Waals surface area contributed by atoms with Crippen LogP contribution in [0.5, 0.6) is 5.75 Å². The fourth-order valence-electron chi connectivity index (χ4n) is 1.62. The highest BCUT2D eigenvalue weighted by molar-refractivity contribution is 5.46. The molecule has 1 aliphatic rings. The average molecular weight is 229 g/mol. The first-order chi connectivity index (χ1) is 8.42. The number of unbranched alkanes of at least 4 members (excludes halogenated alkanes) is 1. The molecular weight excluding hydrogens is 212 g/mol. The van der Waals surface area contributed by atoms with Gasteiger partial charge in [-0.2, -0.15) is 0 Å². The van der Waals surface area contributed by atoms with Gasteiger partial charge in [0.2, 0.25) is 6.10 Å². The number of hydrogen-bond donors (Lipinski definition) is 0. The largest absolute Gasteiger partial charge is 0.493 e. The molecule has 0 fully saturated rings. The van der Waals surface area contributed by atoms with Gasteiger partial charge in [0.1, 0.15) is 5.75 Å². The summed E-state index contributed by atoms with van der Waals surface area (Å²) in [5.41, 5.74) is 1.00. The summed E-state index contributed by atoms with van der Waals surface area (Å²) in [5.74, 6) is 0.885. The summed E-state index contributed by atoms with van der Waals surface area (Å²) in [7, 11) is 0. The first kappa shape index (κ1) is 11.8. The van der Waals surface area contributed by atoms with E-state index in [2.05, 4.69) is 6.92 Å². The molecule has 0 amide bonds. The van der Waals surface area contributed by atoms with Crippen molar-refractivity contribution in [2.45, 2.75) is 19.8 Å². The molecule has 0 aliphatic carbocycles. The van der Waals surface area contributed by atoms with Crippen molar-refractivity contribution >= 4 is 0 Å². The molecule has 2 rings (SSSR count). The molecule has 1 aliphatic heterocycles. The van der Waals surface area contributed by atoms with E-state index in [1.165, 1.54) is 0 Å². The molecule has 2 heteroatoms. The van der Waals surface area contributed by atoms with Gasteiger partial charge in [0.15, 0.2) is 0 Å². The predicted molar refractivity (Wildman–Crippen MR) is 68.6 cm³/mol. The predicted octanol–water partition coefficient (Wildman–Crippen LogP) is 3.85. The highest BCUT2D eigenvalue weighted by Gasteiger charge is 2.16. The maximum Gasteiger partial charge on any atom is 0.202 e. The minimum atomic E-state index is 0.750. The lowest BCUT2D eigenvalue weighted by atomic mass is 10.1. The smallest absolute Gasteiger partial charge is 0.202 e. The average Bonchev–Trinajstić information content (AvgIpc) is 2.41. The van der Waals surface area contributed by atoms with Crippen LogP contribution in [0.1, 0.15) is 25.3 Å². The van der Waals surface area contributed by atoms with Crippen LogP contribution in [-0.4, -0.2) is 6.61 Å². The monoisotopic (exact) mass is 229 g/mol. The van der Waals surface area contributed by atoms with Crippen LogP contribution < -0.4 is 4.74 Å². The molecule has 0 atom stereocenters. The topological polar surface area (TPSA) is 18.5 Å². The maximum atomic E-state index is 5.77. The molecule has 0 bridgehead atoms. The zero-order valence-electron chi connectivity index (χ0n) is 10.1. The zero-order valence-corrected chi connectivity index (χ0v) is 10.1. The number of allylic oxidation sites excluding steroid dienone is 2. The molecule has 89 valence electrons. The Bertz CT molecular complexity index is 407. The van der Waals surface area contributed by atoms with E-state index in [4.69, 9.17) is 9.47 Å². The lowest BCUT2D eigenvalue weighted by Gasteiger charge is -2.17. The molecule has 0 unspecified atom stereocenters. The molecular formula is C15H17O2. The van der Waals surface area contributed by atoms with Crippen molar-refractivity contribution in [3.63, 3.8) is 0 Å². The van der Waals surface area contributed by atoms with Crippen LogP contribution in [0, 0.1) is 6.10 Å². The Morgan fingerprint density at radius 3 is 2.82 bits per heavy atom. The van der Waals surface area contributed by atoms with Gasteiger partial charge in [0.25, 0.3) is 0 Å². The summed E-state index contributed by atoms with van der Waals surface area (Å²) in [4.78, 5) is 0. The van der Waals surface area contributed by atoms with Crippen molar-refractivity contribution in [1.29, 1.82) is 0 Å². The molecule has 0 N–H and O–H groups in total. The molecule has 1 heterocycles. The summed E-state index contributed by atoms with van der Waals surface area (Å²) in [6.45, 7) is 2.90. The van der Waals surface area contributed by atoms with Crippen molar-refractivity contribution in [3.8, 4) is 5.75 Å². The van der Waals surface area contributed by atoms with Gasteiger partial charge in [-0.3, -0.25) is 0 Å². The van der Waals surface area contributed by atoms with Crippen molar-refractivity contribution in [1.82, 2.24) is 0 Å². The van der Waals surface area contributed by atoms with E-state index in [0.717, 1.165) is 36.9 Å². The highest BCUT2D eigenvalue weighted by atomic mass is 16.5. The summed E-state index contributed by atoms with van der Waals surface area (Å²) in [6, 6.07) is 7.96. The number of ether oxygens (including phenoxy) is 2. The van der Waals surface area contributed by atoms with E-state index in [-0.39, 0.29) is 0 Å². The van der Waals surface area contributed by atoms with E-state index >= 15 is 0 Å². The number of rotatable bonds is 5. The fraction of sp³-hybridized carbons (Fsp3) is 0.267. The molecule has 1 aromatic carbocycles. The molecule has 0 saturated heterocycles. The Balaban J connectivity index is 2.10. The summed E-state index contributed by atoms with van der Waals surface area (Å²) in [6.07, 6.45) is 10.5. The minimum absolute atomic E-state index is 0.750. The number of benzene rings is 1. The third-order valence-electron chi connectivity index (χ3n) is 2.54. The second kappa shape index (κ2) is 6.14. The Labute approximate surface area is 103 Å². The summed E-state index contributed by atoms with van der Waals surface area (Å²) >= 11 is 0. The first-order valence-electron chi connectivity index (χ1n) is 6.01. The van der Waals surface area contributed by atoms with Gasteiger partial charge < -0.3 is 9.47 Å². The third-order valence-corrected chi connectivity index (χ3v) is 2.54. The van der Waals surface area contributed by atoms with Gasteiger partial charge in [-0.05, 0) is 24.6 Å². The minimum Gasteiger partial charge on any atom is -0.493 e.